The van der Waals surface area contributed by atoms with E-state index < -0.39 is 0 Å². The van der Waals surface area contributed by atoms with Gasteiger partial charge in [0.2, 0.25) is 0 Å². The van der Waals surface area contributed by atoms with E-state index in [9.17, 15) is 9.90 Å². The summed E-state index contributed by atoms with van der Waals surface area (Å²) in [5, 5.41) is 14.7. The van der Waals surface area contributed by atoms with Crippen LogP contribution in [0.1, 0.15) is 23.2 Å². The van der Waals surface area contributed by atoms with Crippen LogP contribution in [0.5, 0.6) is 5.75 Å². The lowest BCUT2D eigenvalue weighted by Gasteiger charge is -2.33. The Morgan fingerprint density at radius 2 is 1.95 bits per heavy atom. The van der Waals surface area contributed by atoms with Crippen LogP contribution in [0.15, 0.2) is 36.4 Å². The molecule has 1 aliphatic rings. The number of fused-ring (bicyclic) bond motifs is 1. The maximum atomic E-state index is 12.1. The predicted molar refractivity (Wildman–Crippen MR) is 74.1 cm³/mol. The van der Waals surface area contributed by atoms with Crippen molar-refractivity contribution in [1.29, 1.82) is 0 Å². The number of phenolic OH excluding ortho intramolecular Hbond substituents is 1. The maximum absolute atomic E-state index is 12.1. The number of hydrogen-bond donors (Lipinski definition) is 3. The fourth-order valence-electron chi connectivity index (χ4n) is 2.48. The third-order valence-corrected chi connectivity index (χ3v) is 3.65. The molecular weight excluding hydrogens is 240 g/mol. The fourth-order valence-corrected chi connectivity index (χ4v) is 2.48. The van der Waals surface area contributed by atoms with E-state index in [2.05, 4.69) is 5.32 Å². The highest BCUT2D eigenvalue weighted by molar-refractivity contribution is 6.03. The number of benzene rings is 2. The van der Waals surface area contributed by atoms with Gasteiger partial charge in [-0.1, -0.05) is 30.3 Å². The standard InChI is InChI=1S/C15H16N2O2/c16-10-7-11(8-10)17-15(19)13-6-5-9-3-1-2-4-12(9)14(13)18/h1-6,10-11,18H,7-8,16H2,(H,17,19). The molecule has 0 spiro atoms. The molecule has 2 aromatic carbocycles. The first-order valence-corrected chi connectivity index (χ1v) is 6.42. The predicted octanol–water partition coefficient (Wildman–Crippen LogP) is 1.76. The summed E-state index contributed by atoms with van der Waals surface area (Å²) >= 11 is 0. The van der Waals surface area contributed by atoms with Crippen LogP contribution in [0.3, 0.4) is 0 Å². The van der Waals surface area contributed by atoms with E-state index in [-0.39, 0.29) is 23.7 Å². The van der Waals surface area contributed by atoms with Gasteiger partial charge in [-0.05, 0) is 24.3 Å². The Labute approximate surface area is 111 Å². The van der Waals surface area contributed by atoms with Crippen LogP contribution in [-0.4, -0.2) is 23.1 Å². The van der Waals surface area contributed by atoms with E-state index in [4.69, 9.17) is 5.73 Å². The van der Waals surface area contributed by atoms with Gasteiger partial charge in [-0.2, -0.15) is 0 Å². The average Bonchev–Trinajstić information content (AvgIpc) is 2.37. The molecule has 0 unspecified atom stereocenters. The third-order valence-electron chi connectivity index (χ3n) is 3.65. The van der Waals surface area contributed by atoms with Gasteiger partial charge in [-0.25, -0.2) is 0 Å². The lowest BCUT2D eigenvalue weighted by molar-refractivity contribution is 0.0908. The molecule has 2 aromatic rings. The summed E-state index contributed by atoms with van der Waals surface area (Å²) < 4.78 is 0. The van der Waals surface area contributed by atoms with Crippen LogP contribution in [0.25, 0.3) is 10.8 Å². The summed E-state index contributed by atoms with van der Waals surface area (Å²) in [6, 6.07) is 11.3. The number of nitrogens with one attached hydrogen (secondary N) is 1. The second-order valence-corrected chi connectivity index (χ2v) is 5.08. The molecule has 0 bridgehead atoms. The third kappa shape index (κ3) is 2.15. The number of carbonyl (C=O) groups is 1. The first-order valence-electron chi connectivity index (χ1n) is 6.42. The molecule has 0 atom stereocenters. The molecule has 0 heterocycles. The first kappa shape index (κ1) is 12.0. The molecule has 0 saturated heterocycles. The molecule has 4 heteroatoms. The molecule has 98 valence electrons. The lowest BCUT2D eigenvalue weighted by atomic mass is 9.87. The van der Waals surface area contributed by atoms with Crippen LogP contribution in [0.4, 0.5) is 0 Å². The van der Waals surface area contributed by atoms with E-state index in [1.54, 1.807) is 12.1 Å². The monoisotopic (exact) mass is 256 g/mol. The Bertz CT molecular complexity index is 633. The van der Waals surface area contributed by atoms with Gasteiger partial charge in [0.25, 0.3) is 5.91 Å². The largest absolute Gasteiger partial charge is 0.506 e. The zero-order valence-electron chi connectivity index (χ0n) is 10.5. The van der Waals surface area contributed by atoms with E-state index in [1.165, 1.54) is 0 Å². The van der Waals surface area contributed by atoms with Crippen molar-refractivity contribution in [3.63, 3.8) is 0 Å². The van der Waals surface area contributed by atoms with Gasteiger partial charge in [0, 0.05) is 17.5 Å². The number of carbonyl (C=O) groups excluding carboxylic acids is 1. The number of aromatic hydroxyl groups is 1. The number of nitrogens with two attached hydrogens (primary N) is 1. The highest BCUT2D eigenvalue weighted by Gasteiger charge is 2.28. The van der Waals surface area contributed by atoms with Crippen LogP contribution in [0.2, 0.25) is 0 Å². The van der Waals surface area contributed by atoms with Crippen LogP contribution >= 0.6 is 0 Å². The van der Waals surface area contributed by atoms with Gasteiger partial charge in [0.05, 0.1) is 5.56 Å². The molecule has 3 rings (SSSR count). The van der Waals surface area contributed by atoms with Crippen LogP contribution < -0.4 is 11.1 Å². The van der Waals surface area contributed by atoms with Gasteiger partial charge in [-0.15, -0.1) is 0 Å². The van der Waals surface area contributed by atoms with Gasteiger partial charge in [0.15, 0.2) is 0 Å². The molecule has 1 aliphatic carbocycles. The molecule has 0 radical (unpaired) electrons. The maximum Gasteiger partial charge on any atom is 0.255 e. The quantitative estimate of drug-likeness (QED) is 0.766. The van der Waals surface area contributed by atoms with Crippen LogP contribution in [-0.2, 0) is 0 Å². The molecule has 1 amide bonds. The highest BCUT2D eigenvalue weighted by Crippen LogP contribution is 2.29. The zero-order chi connectivity index (χ0) is 13.4. The minimum absolute atomic E-state index is 0.0409. The van der Waals surface area contributed by atoms with Crippen molar-refractivity contribution in [2.45, 2.75) is 24.9 Å². The van der Waals surface area contributed by atoms with Crippen molar-refractivity contribution in [3.05, 3.63) is 42.0 Å². The smallest absolute Gasteiger partial charge is 0.255 e. The van der Waals surface area contributed by atoms with Crippen molar-refractivity contribution in [2.75, 3.05) is 0 Å². The summed E-state index contributed by atoms with van der Waals surface area (Å²) in [5.74, 6) is -0.195. The number of phenols is 1. The van der Waals surface area contributed by atoms with E-state index in [1.807, 2.05) is 24.3 Å². The summed E-state index contributed by atoms with van der Waals surface area (Å²) in [7, 11) is 0. The summed E-state index contributed by atoms with van der Waals surface area (Å²) in [6.45, 7) is 0. The number of rotatable bonds is 2. The van der Waals surface area contributed by atoms with Gasteiger partial charge in [0.1, 0.15) is 5.75 Å². The van der Waals surface area contributed by atoms with E-state index >= 15 is 0 Å². The molecule has 19 heavy (non-hydrogen) atoms. The molecule has 0 aromatic heterocycles. The SMILES string of the molecule is NC1CC(NC(=O)c2ccc3ccccc3c2O)C1. The van der Waals surface area contributed by atoms with Gasteiger partial charge in [-0.3, -0.25) is 4.79 Å². The van der Waals surface area contributed by atoms with Crippen molar-refractivity contribution >= 4 is 16.7 Å². The minimum Gasteiger partial charge on any atom is -0.506 e. The fraction of sp³-hybridized carbons (Fsp3) is 0.267. The van der Waals surface area contributed by atoms with Crippen molar-refractivity contribution in [1.82, 2.24) is 5.32 Å². The Morgan fingerprint density at radius 1 is 1.21 bits per heavy atom. The van der Waals surface area contributed by atoms with E-state index in [0.717, 1.165) is 18.2 Å². The topological polar surface area (TPSA) is 75.3 Å². The lowest BCUT2D eigenvalue weighted by Crippen LogP contribution is -2.50. The zero-order valence-corrected chi connectivity index (χ0v) is 10.5. The average molecular weight is 256 g/mol. The second-order valence-electron chi connectivity index (χ2n) is 5.08. The summed E-state index contributed by atoms with van der Waals surface area (Å²) in [4.78, 5) is 12.1. The van der Waals surface area contributed by atoms with E-state index in [0.29, 0.717) is 10.9 Å². The Balaban J connectivity index is 1.88. The normalized spacial score (nSPS) is 21.9. The highest BCUT2D eigenvalue weighted by atomic mass is 16.3. The van der Waals surface area contributed by atoms with Gasteiger partial charge < -0.3 is 16.2 Å². The summed E-state index contributed by atoms with van der Waals surface area (Å²) in [6.07, 6.45) is 1.61. The minimum atomic E-state index is -0.236. The van der Waals surface area contributed by atoms with Crippen molar-refractivity contribution < 1.29 is 9.90 Å². The molecular formula is C15H16N2O2. The second kappa shape index (κ2) is 4.55. The molecule has 4 nitrogen and oxygen atoms in total. The Hall–Kier alpha value is -2.07. The van der Waals surface area contributed by atoms with Crippen LogP contribution in [0, 0.1) is 0 Å². The number of amides is 1. The molecule has 0 aliphatic heterocycles. The summed E-state index contributed by atoms with van der Waals surface area (Å²) in [5.41, 5.74) is 6.01. The first-order chi connectivity index (χ1) is 9.15. The molecule has 1 saturated carbocycles. The Kier molecular flexibility index (Phi) is 2.87. The number of hydrogen-bond acceptors (Lipinski definition) is 3. The van der Waals surface area contributed by atoms with Crippen molar-refractivity contribution in [2.24, 2.45) is 5.73 Å². The van der Waals surface area contributed by atoms with Gasteiger partial charge >= 0.3 is 0 Å². The van der Waals surface area contributed by atoms with Crippen molar-refractivity contribution in [3.8, 4) is 5.75 Å². The molecule has 1 fully saturated rings. The molecule has 4 N–H and O–H groups in total. The Morgan fingerprint density at radius 3 is 2.68 bits per heavy atom.